The smallest absolute Gasteiger partial charge is 0.433 e. The van der Waals surface area contributed by atoms with Crippen LogP contribution in [0.2, 0.25) is 0 Å². The van der Waals surface area contributed by atoms with Crippen molar-refractivity contribution in [3.05, 3.63) is 35.9 Å². The number of pyridine rings is 1. The zero-order valence-electron chi connectivity index (χ0n) is 15.9. The van der Waals surface area contributed by atoms with Gasteiger partial charge in [0.05, 0.1) is 28.5 Å². The van der Waals surface area contributed by atoms with E-state index in [9.17, 15) is 26.4 Å². The molecule has 10 nitrogen and oxygen atoms in total. The van der Waals surface area contributed by atoms with Crippen LogP contribution in [0.15, 0.2) is 29.7 Å². The summed E-state index contributed by atoms with van der Waals surface area (Å²) in [7, 11) is -2.44. The first-order chi connectivity index (χ1) is 14.4. The van der Waals surface area contributed by atoms with Crippen molar-refractivity contribution in [1.82, 2.24) is 29.1 Å². The van der Waals surface area contributed by atoms with E-state index in [1.165, 1.54) is 18.5 Å². The minimum absolute atomic E-state index is 0.00581. The maximum absolute atomic E-state index is 13.0. The number of hydrogen-bond donors (Lipinski definition) is 1. The normalized spacial score (nSPS) is 12.7. The second-order valence-electron chi connectivity index (χ2n) is 6.55. The fourth-order valence-corrected chi connectivity index (χ4v) is 4.02. The number of fused-ring (bicyclic) bond motifs is 2. The summed E-state index contributed by atoms with van der Waals surface area (Å²) in [5, 5.41) is 12.7. The average molecular weight is 454 g/mol. The fraction of sp³-hybridized carbons (Fsp3) is 0.235. The van der Waals surface area contributed by atoms with Gasteiger partial charge < -0.3 is 9.67 Å². The Morgan fingerprint density at radius 2 is 1.94 bits per heavy atom. The minimum atomic E-state index is -4.68. The van der Waals surface area contributed by atoms with E-state index in [1.54, 1.807) is 0 Å². The zero-order valence-corrected chi connectivity index (χ0v) is 16.7. The largest absolute Gasteiger partial charge is 0.478 e. The van der Waals surface area contributed by atoms with Crippen molar-refractivity contribution in [2.75, 3.05) is 5.75 Å². The number of rotatable bonds is 4. The molecule has 0 aliphatic carbocycles. The highest BCUT2D eigenvalue weighted by atomic mass is 32.2. The van der Waals surface area contributed by atoms with Gasteiger partial charge >= 0.3 is 12.1 Å². The molecule has 4 aromatic rings. The van der Waals surface area contributed by atoms with Gasteiger partial charge in [-0.2, -0.15) is 18.3 Å². The topological polar surface area (TPSA) is 132 Å². The van der Waals surface area contributed by atoms with Gasteiger partial charge in [0.1, 0.15) is 17.1 Å². The van der Waals surface area contributed by atoms with Crippen molar-refractivity contribution in [2.24, 2.45) is 7.05 Å². The molecule has 1 N–H and O–H groups in total. The molecule has 162 valence electrons. The van der Waals surface area contributed by atoms with Crippen LogP contribution < -0.4 is 0 Å². The van der Waals surface area contributed by atoms with Crippen LogP contribution in [0.4, 0.5) is 13.2 Å². The molecule has 0 bridgehead atoms. The summed E-state index contributed by atoms with van der Waals surface area (Å²) in [4.78, 5) is 22.9. The highest BCUT2D eigenvalue weighted by Gasteiger charge is 2.34. The van der Waals surface area contributed by atoms with Crippen LogP contribution in [-0.4, -0.2) is 54.4 Å². The monoisotopic (exact) mass is 454 g/mol. The van der Waals surface area contributed by atoms with Gasteiger partial charge in [0.2, 0.25) is 0 Å². The van der Waals surface area contributed by atoms with Gasteiger partial charge in [0.25, 0.3) is 0 Å². The van der Waals surface area contributed by atoms with Gasteiger partial charge in [-0.3, -0.25) is 0 Å². The number of aromatic nitrogens is 6. The number of nitrogens with zero attached hydrogens (tertiary/aromatic N) is 6. The standard InChI is InChI=1S/C17H13F3N6O4S/c1-3-31(29,30)15-12(13-22-5-8(16(27)28)7-26(13)24-15)14-23-9-4-11(17(18,19)20)21-6-10(9)25(14)2/h4-7H,3H2,1-2H3,(H,27,28). The molecular formula is C17H13F3N6O4S. The summed E-state index contributed by atoms with van der Waals surface area (Å²) in [6.07, 6.45) is -1.57. The molecule has 0 aromatic carbocycles. The molecule has 0 spiro atoms. The van der Waals surface area contributed by atoms with Crippen LogP contribution in [0.3, 0.4) is 0 Å². The van der Waals surface area contributed by atoms with Crippen LogP contribution in [0.25, 0.3) is 28.1 Å². The molecule has 4 rings (SSSR count). The summed E-state index contributed by atoms with van der Waals surface area (Å²) in [6.45, 7) is 1.40. The Balaban J connectivity index is 2.07. The van der Waals surface area contributed by atoms with Crippen LogP contribution in [0.1, 0.15) is 23.0 Å². The van der Waals surface area contributed by atoms with E-state index in [0.29, 0.717) is 0 Å². The lowest BCUT2D eigenvalue weighted by atomic mass is 10.3. The van der Waals surface area contributed by atoms with Gasteiger partial charge in [-0.05, 0) is 6.07 Å². The zero-order chi connectivity index (χ0) is 22.7. The van der Waals surface area contributed by atoms with Crippen LogP contribution >= 0.6 is 0 Å². The van der Waals surface area contributed by atoms with Crippen LogP contribution in [0, 0.1) is 0 Å². The van der Waals surface area contributed by atoms with Gasteiger partial charge in [-0.1, -0.05) is 6.92 Å². The molecule has 0 fully saturated rings. The van der Waals surface area contributed by atoms with E-state index in [2.05, 4.69) is 20.1 Å². The first kappa shape index (κ1) is 20.7. The number of halogens is 3. The maximum Gasteiger partial charge on any atom is 0.433 e. The number of carbonyl (C=O) groups is 1. The number of hydrogen-bond acceptors (Lipinski definition) is 7. The summed E-state index contributed by atoms with van der Waals surface area (Å²) >= 11 is 0. The van der Waals surface area contributed by atoms with E-state index in [-0.39, 0.29) is 39.4 Å². The molecular weight excluding hydrogens is 441 g/mol. The van der Waals surface area contributed by atoms with E-state index >= 15 is 0 Å². The van der Waals surface area contributed by atoms with Gasteiger partial charge in [-0.15, -0.1) is 0 Å². The molecule has 0 aliphatic heterocycles. The number of sulfone groups is 1. The van der Waals surface area contributed by atoms with Crippen LogP contribution in [-0.2, 0) is 23.1 Å². The molecule has 31 heavy (non-hydrogen) atoms. The summed E-state index contributed by atoms with van der Waals surface area (Å²) in [6, 6.07) is 0.758. The molecule has 4 heterocycles. The van der Waals surface area contributed by atoms with Gasteiger partial charge in [0, 0.05) is 19.4 Å². The van der Waals surface area contributed by atoms with Crippen LogP contribution in [0.5, 0.6) is 0 Å². The Labute approximate surface area is 171 Å². The summed E-state index contributed by atoms with van der Waals surface area (Å²) in [5.41, 5.74) is -1.27. The second-order valence-corrected chi connectivity index (χ2v) is 8.74. The van der Waals surface area contributed by atoms with E-state index in [4.69, 9.17) is 5.11 Å². The molecule has 4 aromatic heterocycles. The maximum atomic E-state index is 13.0. The lowest BCUT2D eigenvalue weighted by Gasteiger charge is -2.05. The average Bonchev–Trinajstić information content (AvgIpc) is 3.24. The third kappa shape index (κ3) is 3.28. The first-order valence-corrected chi connectivity index (χ1v) is 10.3. The van der Waals surface area contributed by atoms with Crippen molar-refractivity contribution in [3.63, 3.8) is 0 Å². The number of carboxylic acid groups (broad SMARTS) is 1. The van der Waals surface area contributed by atoms with Crippen molar-refractivity contribution in [1.29, 1.82) is 0 Å². The van der Waals surface area contributed by atoms with Gasteiger partial charge in [0.15, 0.2) is 20.5 Å². The highest BCUT2D eigenvalue weighted by Crippen LogP contribution is 2.34. The Kier molecular flexibility index (Phi) is 4.50. The molecule has 0 amide bonds. The van der Waals surface area contributed by atoms with Gasteiger partial charge in [-0.25, -0.2) is 32.7 Å². The molecule has 14 heteroatoms. The number of aromatic carboxylic acids is 1. The quantitative estimate of drug-likeness (QED) is 0.496. The molecule has 0 saturated heterocycles. The van der Waals surface area contributed by atoms with Crippen molar-refractivity contribution < 1.29 is 31.5 Å². The Morgan fingerprint density at radius 1 is 1.23 bits per heavy atom. The predicted octanol–water partition coefficient (Wildman–Crippen LogP) is 2.19. The third-order valence-electron chi connectivity index (χ3n) is 4.64. The Morgan fingerprint density at radius 3 is 2.55 bits per heavy atom. The molecule has 0 saturated carbocycles. The van der Waals surface area contributed by atoms with Crippen molar-refractivity contribution in [2.45, 2.75) is 18.1 Å². The molecule has 0 atom stereocenters. The SMILES string of the molecule is CCS(=O)(=O)c1nn2cc(C(=O)O)cnc2c1-c1nc2cc(C(F)(F)F)ncc2n1C. The predicted molar refractivity (Wildman–Crippen MR) is 100 cm³/mol. The number of aryl methyl sites for hydroxylation is 1. The fourth-order valence-electron chi connectivity index (χ4n) is 3.04. The molecule has 0 aliphatic rings. The number of alkyl halides is 3. The molecule has 0 radical (unpaired) electrons. The van der Waals surface area contributed by atoms with Crippen molar-refractivity contribution >= 4 is 32.5 Å². The lowest BCUT2D eigenvalue weighted by Crippen LogP contribution is -2.07. The minimum Gasteiger partial charge on any atom is -0.478 e. The third-order valence-corrected chi connectivity index (χ3v) is 6.28. The first-order valence-electron chi connectivity index (χ1n) is 8.68. The van der Waals surface area contributed by atoms with E-state index in [1.807, 2.05) is 0 Å². The summed E-state index contributed by atoms with van der Waals surface area (Å²) < 4.78 is 66.8. The summed E-state index contributed by atoms with van der Waals surface area (Å²) in [5.74, 6) is -1.62. The van der Waals surface area contributed by atoms with Crippen molar-refractivity contribution in [3.8, 4) is 11.4 Å². The number of imidazole rings is 1. The Bertz CT molecular complexity index is 1470. The second kappa shape index (κ2) is 6.73. The van der Waals surface area contributed by atoms with E-state index < -0.39 is 32.7 Å². The van der Waals surface area contributed by atoms with E-state index in [0.717, 1.165) is 29.2 Å². The highest BCUT2D eigenvalue weighted by molar-refractivity contribution is 7.91. The number of carboxylic acids is 1. The molecule has 0 unspecified atom stereocenters. The Hall–Kier alpha value is -3.55. The lowest BCUT2D eigenvalue weighted by molar-refractivity contribution is -0.141.